The van der Waals surface area contributed by atoms with Crippen molar-refractivity contribution in [2.45, 2.75) is 30.8 Å². The van der Waals surface area contributed by atoms with E-state index in [0.717, 1.165) is 0 Å². The lowest BCUT2D eigenvalue weighted by molar-refractivity contribution is 0.0912. The summed E-state index contributed by atoms with van der Waals surface area (Å²) in [4.78, 5) is -0.106. The number of halogens is 3. The van der Waals surface area contributed by atoms with E-state index in [2.05, 4.69) is 0 Å². The summed E-state index contributed by atoms with van der Waals surface area (Å²) in [5.74, 6) is 0.118. The molecule has 1 aliphatic rings. The molecule has 0 radical (unpaired) electrons. The van der Waals surface area contributed by atoms with Gasteiger partial charge < -0.3 is 5.11 Å². The van der Waals surface area contributed by atoms with Gasteiger partial charge in [-0.2, -0.15) is 4.31 Å². The van der Waals surface area contributed by atoms with E-state index < -0.39 is 16.1 Å². The van der Waals surface area contributed by atoms with Crippen molar-refractivity contribution in [2.75, 3.05) is 13.1 Å². The Balaban J connectivity index is 2.28. The number of sulfonamides is 1. The predicted octanol–water partition coefficient (Wildman–Crippen LogP) is 3.43. The molecule has 0 bridgehead atoms. The van der Waals surface area contributed by atoms with Gasteiger partial charge in [-0.3, -0.25) is 0 Å². The number of hydrogen-bond acceptors (Lipinski definition) is 3. The molecule has 0 spiro atoms. The van der Waals surface area contributed by atoms with Crippen molar-refractivity contribution >= 4 is 44.8 Å². The molecule has 1 aromatic rings. The van der Waals surface area contributed by atoms with Gasteiger partial charge in [0, 0.05) is 18.1 Å². The van der Waals surface area contributed by atoms with Crippen molar-refractivity contribution in [1.29, 1.82) is 0 Å². The molecule has 1 fully saturated rings. The van der Waals surface area contributed by atoms with Crippen molar-refractivity contribution in [1.82, 2.24) is 4.31 Å². The minimum absolute atomic E-state index is 0.0187. The van der Waals surface area contributed by atoms with E-state index in [4.69, 9.17) is 34.8 Å². The normalized spacial score (nSPS) is 19.7. The number of piperidine rings is 1. The van der Waals surface area contributed by atoms with Gasteiger partial charge in [-0.1, -0.05) is 34.8 Å². The highest BCUT2D eigenvalue weighted by Crippen LogP contribution is 2.36. The summed E-state index contributed by atoms with van der Waals surface area (Å²) in [7, 11) is -3.76. The molecule has 1 aromatic carbocycles. The highest BCUT2D eigenvalue weighted by atomic mass is 35.5. The number of nitrogens with zero attached hydrogens (tertiary/aromatic N) is 1. The molecule has 118 valence electrons. The zero-order chi connectivity index (χ0) is 15.8. The molecule has 1 heterocycles. The van der Waals surface area contributed by atoms with Gasteiger partial charge >= 0.3 is 0 Å². The first-order chi connectivity index (χ1) is 9.73. The van der Waals surface area contributed by atoms with Gasteiger partial charge in [0.15, 0.2) is 0 Å². The van der Waals surface area contributed by atoms with Crippen LogP contribution in [0.25, 0.3) is 0 Å². The van der Waals surface area contributed by atoms with Gasteiger partial charge in [0.05, 0.1) is 16.1 Å². The highest BCUT2D eigenvalue weighted by molar-refractivity contribution is 7.89. The first-order valence-corrected chi connectivity index (χ1v) is 9.13. The smallest absolute Gasteiger partial charge is 0.246 e. The summed E-state index contributed by atoms with van der Waals surface area (Å²) in [5, 5.41) is 9.90. The van der Waals surface area contributed by atoms with E-state index in [1.54, 1.807) is 6.92 Å². The zero-order valence-electron chi connectivity index (χ0n) is 11.4. The van der Waals surface area contributed by atoms with Crippen LogP contribution in [0.3, 0.4) is 0 Å². The third kappa shape index (κ3) is 3.66. The molecule has 21 heavy (non-hydrogen) atoms. The molecule has 1 aliphatic heterocycles. The molecule has 4 nitrogen and oxygen atoms in total. The molecule has 0 saturated carbocycles. The third-order valence-corrected chi connectivity index (χ3v) is 6.78. The average Bonchev–Trinajstić information content (AvgIpc) is 2.37. The van der Waals surface area contributed by atoms with E-state index in [0.29, 0.717) is 25.9 Å². The Kier molecular flexibility index (Phi) is 5.45. The van der Waals surface area contributed by atoms with Crippen molar-refractivity contribution in [3.63, 3.8) is 0 Å². The Morgan fingerprint density at radius 1 is 1.19 bits per heavy atom. The summed E-state index contributed by atoms with van der Waals surface area (Å²) in [5.41, 5.74) is 0. The van der Waals surface area contributed by atoms with Crippen LogP contribution in [-0.4, -0.2) is 37.0 Å². The van der Waals surface area contributed by atoms with Crippen LogP contribution in [0, 0.1) is 5.92 Å². The SMILES string of the molecule is CC(O)C1CCN(S(=O)(=O)c2c(Cl)cc(Cl)cc2Cl)CC1. The molecule has 1 N–H and O–H groups in total. The Bertz CT molecular complexity index is 603. The lowest BCUT2D eigenvalue weighted by Crippen LogP contribution is -2.40. The number of benzene rings is 1. The van der Waals surface area contributed by atoms with Gasteiger partial charge in [0.25, 0.3) is 0 Å². The minimum Gasteiger partial charge on any atom is -0.393 e. The second-order valence-corrected chi connectivity index (χ2v) is 8.31. The molecule has 0 aliphatic carbocycles. The van der Waals surface area contributed by atoms with E-state index in [9.17, 15) is 13.5 Å². The molecule has 8 heteroatoms. The Morgan fingerprint density at radius 3 is 2.10 bits per heavy atom. The van der Waals surface area contributed by atoms with Gasteiger partial charge in [-0.25, -0.2) is 8.42 Å². The summed E-state index contributed by atoms with van der Waals surface area (Å²) in [6.07, 6.45) is 0.789. The van der Waals surface area contributed by atoms with Gasteiger partial charge in [0.2, 0.25) is 10.0 Å². The quantitative estimate of drug-likeness (QED) is 0.884. The third-order valence-electron chi connectivity index (χ3n) is 3.74. The fourth-order valence-electron chi connectivity index (χ4n) is 2.50. The van der Waals surface area contributed by atoms with Crippen LogP contribution in [0.2, 0.25) is 15.1 Å². The van der Waals surface area contributed by atoms with Crippen LogP contribution >= 0.6 is 34.8 Å². The number of aliphatic hydroxyl groups excluding tert-OH is 1. The maximum absolute atomic E-state index is 12.7. The molecule has 1 atom stereocenters. The lowest BCUT2D eigenvalue weighted by atomic mass is 9.93. The van der Waals surface area contributed by atoms with Gasteiger partial charge in [-0.15, -0.1) is 0 Å². The number of rotatable bonds is 3. The second-order valence-electron chi connectivity index (χ2n) is 5.18. The molecule has 1 saturated heterocycles. The Morgan fingerprint density at radius 2 is 1.67 bits per heavy atom. The fourth-order valence-corrected chi connectivity index (χ4v) is 5.47. The molecule has 1 unspecified atom stereocenters. The van der Waals surface area contributed by atoms with E-state index in [1.807, 2.05) is 0 Å². The van der Waals surface area contributed by atoms with E-state index >= 15 is 0 Å². The summed E-state index contributed by atoms with van der Waals surface area (Å²) < 4.78 is 26.7. The topological polar surface area (TPSA) is 57.6 Å². The van der Waals surface area contributed by atoms with Crippen LogP contribution in [0.15, 0.2) is 17.0 Å². The summed E-state index contributed by atoms with van der Waals surface area (Å²) in [6, 6.07) is 2.73. The molecular formula is C13H16Cl3NO3S. The molecule has 0 amide bonds. The molecular weight excluding hydrogens is 357 g/mol. The Labute approximate surface area is 139 Å². The standard InChI is InChI=1S/C13H16Cl3NO3S/c1-8(18)9-2-4-17(5-3-9)21(19,20)13-11(15)6-10(14)7-12(13)16/h6-9,18H,2-5H2,1H3. The van der Waals surface area contributed by atoms with Crippen LogP contribution in [0.5, 0.6) is 0 Å². The first kappa shape index (κ1) is 17.3. The van der Waals surface area contributed by atoms with Crippen molar-refractivity contribution in [3.8, 4) is 0 Å². The number of hydrogen-bond donors (Lipinski definition) is 1. The van der Waals surface area contributed by atoms with Gasteiger partial charge in [-0.05, 0) is 37.8 Å². The van der Waals surface area contributed by atoms with Crippen molar-refractivity contribution < 1.29 is 13.5 Å². The van der Waals surface area contributed by atoms with Crippen molar-refractivity contribution in [3.05, 3.63) is 27.2 Å². The van der Waals surface area contributed by atoms with Crippen LogP contribution < -0.4 is 0 Å². The maximum Gasteiger partial charge on any atom is 0.246 e. The molecule has 0 aromatic heterocycles. The van der Waals surface area contributed by atoms with Crippen LogP contribution in [0.1, 0.15) is 19.8 Å². The van der Waals surface area contributed by atoms with Crippen LogP contribution in [0.4, 0.5) is 0 Å². The highest BCUT2D eigenvalue weighted by Gasteiger charge is 2.33. The second kappa shape index (κ2) is 6.60. The summed E-state index contributed by atoms with van der Waals surface area (Å²) >= 11 is 17.8. The zero-order valence-corrected chi connectivity index (χ0v) is 14.5. The van der Waals surface area contributed by atoms with E-state index in [-0.39, 0.29) is 25.9 Å². The van der Waals surface area contributed by atoms with Gasteiger partial charge in [0.1, 0.15) is 4.90 Å². The fraction of sp³-hybridized carbons (Fsp3) is 0.538. The largest absolute Gasteiger partial charge is 0.393 e. The van der Waals surface area contributed by atoms with E-state index in [1.165, 1.54) is 16.4 Å². The van der Waals surface area contributed by atoms with Crippen molar-refractivity contribution in [2.24, 2.45) is 5.92 Å². The first-order valence-electron chi connectivity index (χ1n) is 6.56. The predicted molar refractivity (Wildman–Crippen MR) is 84.6 cm³/mol. The Hall–Kier alpha value is -0.0400. The molecule has 2 rings (SSSR count). The maximum atomic E-state index is 12.7. The lowest BCUT2D eigenvalue weighted by Gasteiger charge is -2.32. The monoisotopic (exact) mass is 371 g/mol. The van der Waals surface area contributed by atoms with Crippen LogP contribution in [-0.2, 0) is 10.0 Å². The minimum atomic E-state index is -3.76. The summed E-state index contributed by atoms with van der Waals surface area (Å²) in [6.45, 7) is 2.40. The number of aliphatic hydroxyl groups is 1. The average molecular weight is 373 g/mol.